The van der Waals surface area contributed by atoms with Crippen LogP contribution in [0.25, 0.3) is 0 Å². The number of rotatable bonds is 7. The molecule has 0 aliphatic carbocycles. The van der Waals surface area contributed by atoms with E-state index in [9.17, 15) is 0 Å². The number of hydrogen-bond donors (Lipinski definition) is 1. The Morgan fingerprint density at radius 3 is 2.56 bits per heavy atom. The van der Waals surface area contributed by atoms with Crippen molar-refractivity contribution in [2.45, 2.75) is 12.5 Å². The fourth-order valence-electron chi connectivity index (χ4n) is 1.72. The molecule has 0 bridgehead atoms. The van der Waals surface area contributed by atoms with Crippen molar-refractivity contribution in [1.82, 2.24) is 4.90 Å². The number of hydrogen-bond acceptors (Lipinski definition) is 3. The molecular formula is C13H22N2O. The van der Waals surface area contributed by atoms with E-state index in [1.807, 2.05) is 6.07 Å². The smallest absolute Gasteiger partial charge is 0.0589 e. The lowest BCUT2D eigenvalue weighted by Crippen LogP contribution is -2.41. The highest BCUT2D eigenvalue weighted by molar-refractivity contribution is 5.16. The molecule has 2 N–H and O–H groups in total. The largest absolute Gasteiger partial charge is 0.383 e. The molecule has 0 amide bonds. The molecule has 0 aliphatic rings. The normalized spacial score (nSPS) is 13.0. The summed E-state index contributed by atoms with van der Waals surface area (Å²) < 4.78 is 5.07. The zero-order valence-electron chi connectivity index (χ0n) is 10.2. The van der Waals surface area contributed by atoms with Crippen molar-refractivity contribution in [3.63, 3.8) is 0 Å². The van der Waals surface area contributed by atoms with E-state index in [2.05, 4.69) is 36.2 Å². The third-order valence-electron chi connectivity index (χ3n) is 2.86. The van der Waals surface area contributed by atoms with E-state index in [0.29, 0.717) is 12.6 Å². The standard InChI is InChI=1S/C13H22N2O/c1-15(8-9-16-2)13(11-14)10-12-6-4-3-5-7-12/h3-7,13H,8-11,14H2,1-2H3. The highest BCUT2D eigenvalue weighted by Crippen LogP contribution is 2.06. The summed E-state index contributed by atoms with van der Waals surface area (Å²) in [5.74, 6) is 0. The van der Waals surface area contributed by atoms with Crippen LogP contribution in [0.3, 0.4) is 0 Å². The van der Waals surface area contributed by atoms with Crippen LogP contribution in [0.15, 0.2) is 30.3 Å². The molecule has 0 aromatic heterocycles. The minimum atomic E-state index is 0.387. The molecule has 0 heterocycles. The predicted molar refractivity (Wildman–Crippen MR) is 67.5 cm³/mol. The molecule has 0 saturated heterocycles. The molecule has 3 nitrogen and oxygen atoms in total. The number of methoxy groups -OCH3 is 1. The maximum Gasteiger partial charge on any atom is 0.0589 e. The molecule has 0 aliphatic heterocycles. The van der Waals surface area contributed by atoms with Crippen molar-refractivity contribution in [1.29, 1.82) is 0 Å². The summed E-state index contributed by atoms with van der Waals surface area (Å²) in [7, 11) is 3.82. The zero-order valence-corrected chi connectivity index (χ0v) is 10.2. The molecule has 0 radical (unpaired) electrons. The second kappa shape index (κ2) is 7.39. The monoisotopic (exact) mass is 222 g/mol. The van der Waals surface area contributed by atoms with Crippen molar-refractivity contribution in [2.75, 3.05) is 33.9 Å². The Morgan fingerprint density at radius 1 is 1.31 bits per heavy atom. The van der Waals surface area contributed by atoms with Crippen LogP contribution in [0.5, 0.6) is 0 Å². The van der Waals surface area contributed by atoms with Gasteiger partial charge in [0.1, 0.15) is 0 Å². The average Bonchev–Trinajstić information content (AvgIpc) is 2.34. The van der Waals surface area contributed by atoms with Crippen molar-refractivity contribution in [3.8, 4) is 0 Å². The Kier molecular flexibility index (Phi) is 6.08. The van der Waals surface area contributed by atoms with Gasteiger partial charge in [-0.25, -0.2) is 0 Å². The van der Waals surface area contributed by atoms with E-state index >= 15 is 0 Å². The average molecular weight is 222 g/mol. The first-order chi connectivity index (χ1) is 7.77. The SMILES string of the molecule is COCCN(C)C(CN)Cc1ccccc1. The molecule has 3 heteroatoms. The Morgan fingerprint density at radius 2 is 2.00 bits per heavy atom. The molecule has 16 heavy (non-hydrogen) atoms. The first-order valence-corrected chi connectivity index (χ1v) is 5.71. The van der Waals surface area contributed by atoms with Crippen LogP contribution in [0, 0.1) is 0 Å². The Labute approximate surface area is 98.2 Å². The van der Waals surface area contributed by atoms with E-state index in [-0.39, 0.29) is 0 Å². The van der Waals surface area contributed by atoms with Gasteiger partial charge < -0.3 is 10.5 Å². The molecular weight excluding hydrogens is 200 g/mol. The van der Waals surface area contributed by atoms with Gasteiger partial charge in [-0.3, -0.25) is 4.90 Å². The lowest BCUT2D eigenvalue weighted by atomic mass is 10.1. The van der Waals surface area contributed by atoms with Gasteiger partial charge in [-0.1, -0.05) is 30.3 Å². The fraction of sp³-hybridized carbons (Fsp3) is 0.538. The number of ether oxygens (including phenoxy) is 1. The minimum Gasteiger partial charge on any atom is -0.383 e. The molecule has 1 aromatic carbocycles. The van der Waals surface area contributed by atoms with E-state index in [0.717, 1.165) is 19.6 Å². The molecule has 0 saturated carbocycles. The summed E-state index contributed by atoms with van der Waals surface area (Å²) >= 11 is 0. The highest BCUT2D eigenvalue weighted by atomic mass is 16.5. The highest BCUT2D eigenvalue weighted by Gasteiger charge is 2.12. The summed E-state index contributed by atoms with van der Waals surface area (Å²) in [6.07, 6.45) is 0.998. The van der Waals surface area contributed by atoms with Crippen molar-refractivity contribution < 1.29 is 4.74 Å². The molecule has 0 fully saturated rings. The van der Waals surface area contributed by atoms with Crippen LogP contribution in [0.4, 0.5) is 0 Å². The van der Waals surface area contributed by atoms with Gasteiger partial charge in [-0.05, 0) is 19.0 Å². The van der Waals surface area contributed by atoms with Crippen LogP contribution in [0.2, 0.25) is 0 Å². The lowest BCUT2D eigenvalue weighted by Gasteiger charge is -2.26. The second-order valence-corrected chi connectivity index (χ2v) is 4.05. The molecule has 90 valence electrons. The van der Waals surface area contributed by atoms with E-state index < -0.39 is 0 Å². The van der Waals surface area contributed by atoms with Crippen LogP contribution in [-0.4, -0.2) is 44.8 Å². The van der Waals surface area contributed by atoms with Gasteiger partial charge in [-0.2, -0.15) is 0 Å². The second-order valence-electron chi connectivity index (χ2n) is 4.05. The number of likely N-dealkylation sites (N-methyl/N-ethyl adjacent to an activating group) is 1. The van der Waals surface area contributed by atoms with Gasteiger partial charge in [0.2, 0.25) is 0 Å². The quantitative estimate of drug-likeness (QED) is 0.751. The zero-order chi connectivity index (χ0) is 11.8. The van der Waals surface area contributed by atoms with Gasteiger partial charge in [0.25, 0.3) is 0 Å². The molecule has 0 spiro atoms. The minimum absolute atomic E-state index is 0.387. The van der Waals surface area contributed by atoms with Gasteiger partial charge in [-0.15, -0.1) is 0 Å². The first kappa shape index (κ1) is 13.2. The van der Waals surface area contributed by atoms with Crippen molar-refractivity contribution in [2.24, 2.45) is 5.73 Å². The van der Waals surface area contributed by atoms with E-state index in [1.165, 1.54) is 5.56 Å². The first-order valence-electron chi connectivity index (χ1n) is 5.71. The van der Waals surface area contributed by atoms with Crippen LogP contribution >= 0.6 is 0 Å². The topological polar surface area (TPSA) is 38.5 Å². The Bertz CT molecular complexity index is 277. The summed E-state index contributed by atoms with van der Waals surface area (Å²) in [5, 5.41) is 0. The van der Waals surface area contributed by atoms with Crippen LogP contribution in [0.1, 0.15) is 5.56 Å². The van der Waals surface area contributed by atoms with Gasteiger partial charge in [0, 0.05) is 26.2 Å². The van der Waals surface area contributed by atoms with Crippen LogP contribution in [-0.2, 0) is 11.2 Å². The third kappa shape index (κ3) is 4.31. The molecule has 1 atom stereocenters. The third-order valence-corrected chi connectivity index (χ3v) is 2.86. The summed E-state index contributed by atoms with van der Waals surface area (Å²) in [5.41, 5.74) is 7.15. The molecule has 1 rings (SSSR count). The Hall–Kier alpha value is -0.900. The van der Waals surface area contributed by atoms with Gasteiger partial charge in [0.15, 0.2) is 0 Å². The van der Waals surface area contributed by atoms with Gasteiger partial charge >= 0.3 is 0 Å². The van der Waals surface area contributed by atoms with E-state index in [4.69, 9.17) is 10.5 Å². The maximum atomic E-state index is 5.81. The lowest BCUT2D eigenvalue weighted by molar-refractivity contribution is 0.140. The van der Waals surface area contributed by atoms with Crippen molar-refractivity contribution >= 4 is 0 Å². The van der Waals surface area contributed by atoms with Crippen LogP contribution < -0.4 is 5.73 Å². The number of nitrogens with zero attached hydrogens (tertiary/aromatic N) is 1. The predicted octanol–water partition coefficient (Wildman–Crippen LogP) is 1.13. The summed E-state index contributed by atoms with van der Waals surface area (Å²) in [6.45, 7) is 2.35. The summed E-state index contributed by atoms with van der Waals surface area (Å²) in [4.78, 5) is 2.26. The molecule has 1 aromatic rings. The maximum absolute atomic E-state index is 5.81. The van der Waals surface area contributed by atoms with E-state index in [1.54, 1.807) is 7.11 Å². The fourth-order valence-corrected chi connectivity index (χ4v) is 1.72. The number of benzene rings is 1. The molecule has 1 unspecified atom stereocenters. The summed E-state index contributed by atoms with van der Waals surface area (Å²) in [6, 6.07) is 10.9. The van der Waals surface area contributed by atoms with Gasteiger partial charge in [0.05, 0.1) is 6.61 Å². The van der Waals surface area contributed by atoms with Crippen molar-refractivity contribution in [3.05, 3.63) is 35.9 Å². The number of nitrogens with two attached hydrogens (primary N) is 1. The Balaban J connectivity index is 2.48.